The molecule has 0 bridgehead atoms. The number of amides is 1. The lowest BCUT2D eigenvalue weighted by molar-refractivity contribution is -0.125. The highest BCUT2D eigenvalue weighted by molar-refractivity contribution is 5.92. The zero-order valence-corrected chi connectivity index (χ0v) is 13.4. The molecule has 1 saturated heterocycles. The van der Waals surface area contributed by atoms with E-state index in [0.29, 0.717) is 0 Å². The van der Waals surface area contributed by atoms with E-state index >= 15 is 0 Å². The third-order valence-corrected chi connectivity index (χ3v) is 3.44. The van der Waals surface area contributed by atoms with E-state index in [2.05, 4.69) is 5.32 Å². The van der Waals surface area contributed by atoms with Crippen molar-refractivity contribution in [3.8, 4) is 5.75 Å². The number of hydrogen-bond acceptors (Lipinski definition) is 3. The molecule has 1 amide bonds. The molecule has 0 unspecified atom stereocenters. The van der Waals surface area contributed by atoms with Crippen LogP contribution in [0.15, 0.2) is 24.3 Å². The number of ether oxygens (including phenoxy) is 1. The molecule has 0 aliphatic carbocycles. The summed E-state index contributed by atoms with van der Waals surface area (Å²) in [5.41, 5.74) is 2.09. The van der Waals surface area contributed by atoms with Crippen LogP contribution in [0.4, 0.5) is 0 Å². The van der Waals surface area contributed by atoms with Crippen molar-refractivity contribution in [3.63, 3.8) is 0 Å². The second-order valence-electron chi connectivity index (χ2n) is 5.01. The number of rotatable bonds is 3. The minimum Gasteiger partial charge on any atom is -0.496 e. The van der Waals surface area contributed by atoms with Crippen LogP contribution < -0.4 is 10.1 Å². The van der Waals surface area contributed by atoms with Gasteiger partial charge in [0.25, 0.3) is 0 Å². The quantitative estimate of drug-likeness (QED) is 0.871. The zero-order valence-electron chi connectivity index (χ0n) is 12.6. The third-order valence-electron chi connectivity index (χ3n) is 3.44. The number of aryl methyl sites for hydroxylation is 1. The van der Waals surface area contributed by atoms with Crippen molar-refractivity contribution >= 4 is 24.4 Å². The van der Waals surface area contributed by atoms with Crippen LogP contribution in [0, 0.1) is 6.92 Å². The van der Waals surface area contributed by atoms with Crippen LogP contribution in [-0.4, -0.2) is 44.1 Å². The first kappa shape index (κ1) is 17.5. The van der Waals surface area contributed by atoms with Gasteiger partial charge in [0, 0.05) is 31.3 Å². The van der Waals surface area contributed by atoms with E-state index in [0.717, 1.165) is 49.5 Å². The largest absolute Gasteiger partial charge is 0.496 e. The number of carbonyl (C=O) groups is 1. The van der Waals surface area contributed by atoms with Crippen molar-refractivity contribution in [1.29, 1.82) is 0 Å². The molecule has 21 heavy (non-hydrogen) atoms. The molecule has 0 spiro atoms. The number of nitrogens with zero attached hydrogens (tertiary/aromatic N) is 1. The average Bonchev–Trinajstić information content (AvgIpc) is 2.74. The molecule has 5 heteroatoms. The van der Waals surface area contributed by atoms with Gasteiger partial charge in [-0.1, -0.05) is 11.6 Å². The predicted octanol–water partition coefficient (Wildman–Crippen LogP) is 2.26. The molecular weight excluding hydrogens is 288 g/mol. The minimum absolute atomic E-state index is 0. The van der Waals surface area contributed by atoms with Gasteiger partial charge < -0.3 is 15.0 Å². The predicted molar refractivity (Wildman–Crippen MR) is 88.1 cm³/mol. The van der Waals surface area contributed by atoms with E-state index < -0.39 is 0 Å². The fourth-order valence-electron chi connectivity index (χ4n) is 2.32. The van der Waals surface area contributed by atoms with Gasteiger partial charge >= 0.3 is 0 Å². The van der Waals surface area contributed by atoms with Crippen molar-refractivity contribution in [2.75, 3.05) is 33.3 Å². The maximum Gasteiger partial charge on any atom is 0.246 e. The molecule has 1 N–H and O–H groups in total. The Morgan fingerprint density at radius 1 is 1.33 bits per heavy atom. The summed E-state index contributed by atoms with van der Waals surface area (Å²) >= 11 is 0. The van der Waals surface area contributed by atoms with Crippen LogP contribution in [0.3, 0.4) is 0 Å². The van der Waals surface area contributed by atoms with Gasteiger partial charge in [-0.05, 0) is 38.1 Å². The van der Waals surface area contributed by atoms with Gasteiger partial charge in [0.05, 0.1) is 7.11 Å². The molecule has 1 aromatic rings. The number of benzene rings is 1. The molecule has 1 fully saturated rings. The number of carbonyl (C=O) groups excluding carboxylic acids is 1. The molecule has 0 saturated carbocycles. The van der Waals surface area contributed by atoms with Crippen molar-refractivity contribution in [1.82, 2.24) is 10.2 Å². The van der Waals surface area contributed by atoms with Crippen LogP contribution in [0.1, 0.15) is 17.5 Å². The molecule has 116 valence electrons. The molecule has 0 aromatic heterocycles. The third kappa shape index (κ3) is 5.06. The van der Waals surface area contributed by atoms with E-state index in [1.165, 1.54) is 0 Å². The highest BCUT2D eigenvalue weighted by atomic mass is 35.5. The van der Waals surface area contributed by atoms with E-state index in [1.54, 1.807) is 13.2 Å². The summed E-state index contributed by atoms with van der Waals surface area (Å²) in [6.07, 6.45) is 4.49. The molecule has 1 aliphatic rings. The Balaban J connectivity index is 0.00000220. The Morgan fingerprint density at radius 2 is 2.14 bits per heavy atom. The molecule has 0 atom stereocenters. The standard InChI is InChI=1S/C16H22N2O2.ClH/c1-13-4-6-15(20-2)14(12-13)5-7-16(19)18-10-3-8-17-9-11-18;/h4-7,12,17H,3,8-11H2,1-2H3;1H/b7-5+;. The van der Waals surface area contributed by atoms with Crippen molar-refractivity contribution in [2.24, 2.45) is 0 Å². The fourth-order valence-corrected chi connectivity index (χ4v) is 2.32. The number of halogens is 1. The normalized spacial score (nSPS) is 15.4. The molecule has 1 heterocycles. The lowest BCUT2D eigenvalue weighted by Crippen LogP contribution is -2.32. The Morgan fingerprint density at radius 3 is 2.90 bits per heavy atom. The summed E-state index contributed by atoms with van der Waals surface area (Å²) in [6.45, 7) is 5.47. The van der Waals surface area contributed by atoms with E-state index in [1.807, 2.05) is 36.1 Å². The lowest BCUT2D eigenvalue weighted by Gasteiger charge is -2.17. The highest BCUT2D eigenvalue weighted by Gasteiger charge is 2.12. The smallest absolute Gasteiger partial charge is 0.246 e. The number of nitrogens with one attached hydrogen (secondary N) is 1. The van der Waals surface area contributed by atoms with E-state index in [9.17, 15) is 4.79 Å². The molecule has 0 radical (unpaired) electrons. The summed E-state index contributed by atoms with van der Waals surface area (Å²) in [4.78, 5) is 14.1. The van der Waals surface area contributed by atoms with Crippen LogP contribution in [-0.2, 0) is 4.79 Å². The maximum absolute atomic E-state index is 12.2. The Labute approximate surface area is 132 Å². The zero-order chi connectivity index (χ0) is 14.4. The molecule has 1 aliphatic heterocycles. The van der Waals surface area contributed by atoms with Gasteiger partial charge in [0.15, 0.2) is 0 Å². The second-order valence-corrected chi connectivity index (χ2v) is 5.01. The minimum atomic E-state index is 0. The summed E-state index contributed by atoms with van der Waals surface area (Å²) in [7, 11) is 1.64. The highest BCUT2D eigenvalue weighted by Crippen LogP contribution is 2.21. The van der Waals surface area contributed by atoms with Gasteiger partial charge in [0.2, 0.25) is 5.91 Å². The van der Waals surface area contributed by atoms with Gasteiger partial charge in [-0.25, -0.2) is 0 Å². The molecule has 4 nitrogen and oxygen atoms in total. The summed E-state index contributed by atoms with van der Waals surface area (Å²) in [5, 5.41) is 3.29. The van der Waals surface area contributed by atoms with Crippen LogP contribution >= 0.6 is 12.4 Å². The lowest BCUT2D eigenvalue weighted by atomic mass is 10.1. The van der Waals surface area contributed by atoms with E-state index in [-0.39, 0.29) is 18.3 Å². The summed E-state index contributed by atoms with van der Waals surface area (Å²) in [5.74, 6) is 0.856. The molecular formula is C16H23ClN2O2. The SMILES string of the molecule is COc1ccc(C)cc1/C=C/C(=O)N1CCCNCC1.Cl. The first-order valence-electron chi connectivity index (χ1n) is 7.03. The summed E-state index contributed by atoms with van der Waals surface area (Å²) < 4.78 is 5.31. The first-order chi connectivity index (χ1) is 9.70. The monoisotopic (exact) mass is 310 g/mol. The van der Waals surface area contributed by atoms with Crippen molar-refractivity contribution in [2.45, 2.75) is 13.3 Å². The second kappa shape index (κ2) is 8.70. The fraction of sp³-hybridized carbons (Fsp3) is 0.438. The van der Waals surface area contributed by atoms with Crippen LogP contribution in [0.5, 0.6) is 5.75 Å². The summed E-state index contributed by atoms with van der Waals surface area (Å²) in [6, 6.07) is 5.94. The Hall–Kier alpha value is -1.52. The van der Waals surface area contributed by atoms with E-state index in [4.69, 9.17) is 4.74 Å². The number of hydrogen-bond donors (Lipinski definition) is 1. The molecule has 2 rings (SSSR count). The van der Waals surface area contributed by atoms with Gasteiger partial charge in [-0.15, -0.1) is 12.4 Å². The Kier molecular flexibility index (Phi) is 7.26. The number of methoxy groups -OCH3 is 1. The van der Waals surface area contributed by atoms with Crippen molar-refractivity contribution in [3.05, 3.63) is 35.4 Å². The Bertz CT molecular complexity index is 495. The topological polar surface area (TPSA) is 41.6 Å². The van der Waals surface area contributed by atoms with Crippen LogP contribution in [0.25, 0.3) is 6.08 Å². The van der Waals surface area contributed by atoms with Crippen LogP contribution in [0.2, 0.25) is 0 Å². The van der Waals surface area contributed by atoms with Crippen molar-refractivity contribution < 1.29 is 9.53 Å². The first-order valence-corrected chi connectivity index (χ1v) is 7.03. The van der Waals surface area contributed by atoms with Gasteiger partial charge in [0.1, 0.15) is 5.75 Å². The maximum atomic E-state index is 12.2. The van der Waals surface area contributed by atoms with Gasteiger partial charge in [-0.3, -0.25) is 4.79 Å². The average molecular weight is 311 g/mol. The van der Waals surface area contributed by atoms with Gasteiger partial charge in [-0.2, -0.15) is 0 Å². The molecule has 1 aromatic carbocycles.